The summed E-state index contributed by atoms with van der Waals surface area (Å²) in [6.07, 6.45) is 5.11. The van der Waals surface area contributed by atoms with Crippen molar-refractivity contribution in [3.63, 3.8) is 0 Å². The van der Waals surface area contributed by atoms with E-state index in [1.165, 1.54) is 6.07 Å². The molecule has 0 radical (unpaired) electrons. The Morgan fingerprint density at radius 1 is 1.12 bits per heavy atom. The van der Waals surface area contributed by atoms with Crippen LogP contribution in [0.1, 0.15) is 38.3 Å². The van der Waals surface area contributed by atoms with E-state index < -0.39 is 11.9 Å². The van der Waals surface area contributed by atoms with Gasteiger partial charge in [0.05, 0.1) is 11.1 Å². The molecular formula is C12H10O4. The van der Waals surface area contributed by atoms with E-state index in [9.17, 15) is 9.59 Å². The van der Waals surface area contributed by atoms with Gasteiger partial charge in [0.25, 0.3) is 0 Å². The Morgan fingerprint density at radius 2 is 1.88 bits per heavy atom. The maximum Gasteiger partial charge on any atom is 0.336 e. The van der Waals surface area contributed by atoms with Crippen molar-refractivity contribution in [3.05, 3.63) is 40.5 Å². The van der Waals surface area contributed by atoms with Crippen LogP contribution in [0.2, 0.25) is 0 Å². The number of carboxylic acid groups (broad SMARTS) is 2. The van der Waals surface area contributed by atoms with Gasteiger partial charge in [-0.05, 0) is 30.0 Å². The predicted molar refractivity (Wildman–Crippen MR) is 57.7 cm³/mol. The summed E-state index contributed by atoms with van der Waals surface area (Å²) in [6, 6.07) is 3.00. The van der Waals surface area contributed by atoms with Crippen molar-refractivity contribution < 1.29 is 19.8 Å². The first-order valence-electron chi connectivity index (χ1n) is 4.90. The molecule has 2 N–H and O–H groups in total. The molecule has 1 aromatic carbocycles. The fraction of sp³-hybridized carbons (Fsp3) is 0.167. The van der Waals surface area contributed by atoms with Crippen LogP contribution in [0.3, 0.4) is 0 Å². The maximum atomic E-state index is 11.1. The highest BCUT2D eigenvalue weighted by atomic mass is 16.4. The lowest BCUT2D eigenvalue weighted by molar-refractivity contribution is 0.0650. The van der Waals surface area contributed by atoms with Crippen molar-refractivity contribution >= 4 is 18.0 Å². The summed E-state index contributed by atoms with van der Waals surface area (Å²) in [5, 5.41) is 18.0. The molecule has 1 aliphatic rings. The molecule has 0 saturated heterocycles. The van der Waals surface area contributed by atoms with E-state index in [1.54, 1.807) is 6.07 Å². The van der Waals surface area contributed by atoms with E-state index in [0.29, 0.717) is 12.0 Å². The molecule has 0 aromatic heterocycles. The zero-order valence-electron chi connectivity index (χ0n) is 8.43. The molecule has 0 atom stereocenters. The first-order valence-corrected chi connectivity index (χ1v) is 4.90. The van der Waals surface area contributed by atoms with Crippen LogP contribution in [-0.2, 0) is 6.42 Å². The van der Waals surface area contributed by atoms with Gasteiger partial charge in [-0.15, -0.1) is 0 Å². The second kappa shape index (κ2) is 3.81. The van der Waals surface area contributed by atoms with E-state index in [0.717, 1.165) is 12.0 Å². The smallest absolute Gasteiger partial charge is 0.336 e. The minimum Gasteiger partial charge on any atom is -0.478 e. The summed E-state index contributed by atoms with van der Waals surface area (Å²) in [7, 11) is 0. The fourth-order valence-corrected chi connectivity index (χ4v) is 1.95. The second-order valence-corrected chi connectivity index (χ2v) is 3.61. The lowest BCUT2D eigenvalue weighted by atomic mass is 9.89. The number of allylic oxidation sites excluding steroid dienone is 1. The minimum atomic E-state index is -1.20. The van der Waals surface area contributed by atoms with Gasteiger partial charge in [-0.25, -0.2) is 9.59 Å². The van der Waals surface area contributed by atoms with Crippen molar-refractivity contribution in [1.82, 2.24) is 0 Å². The molecule has 16 heavy (non-hydrogen) atoms. The van der Waals surface area contributed by atoms with Crippen LogP contribution in [-0.4, -0.2) is 22.2 Å². The number of rotatable bonds is 2. The van der Waals surface area contributed by atoms with Gasteiger partial charge in [0.2, 0.25) is 0 Å². The molecule has 4 heteroatoms. The van der Waals surface area contributed by atoms with Crippen molar-refractivity contribution in [2.24, 2.45) is 0 Å². The van der Waals surface area contributed by atoms with Crippen molar-refractivity contribution in [2.75, 3.05) is 0 Å². The lowest BCUT2D eigenvalue weighted by Crippen LogP contribution is -2.13. The minimum absolute atomic E-state index is 0.0747. The average molecular weight is 218 g/mol. The number of hydrogen-bond acceptors (Lipinski definition) is 2. The summed E-state index contributed by atoms with van der Waals surface area (Å²) in [5.74, 6) is -2.38. The van der Waals surface area contributed by atoms with Crippen molar-refractivity contribution in [2.45, 2.75) is 12.8 Å². The van der Waals surface area contributed by atoms with Crippen LogP contribution in [0.25, 0.3) is 6.08 Å². The van der Waals surface area contributed by atoms with Gasteiger partial charge in [0.1, 0.15) is 0 Å². The van der Waals surface area contributed by atoms with Crippen molar-refractivity contribution in [1.29, 1.82) is 0 Å². The normalized spacial score (nSPS) is 13.2. The lowest BCUT2D eigenvalue weighted by Gasteiger charge is -2.14. The van der Waals surface area contributed by atoms with E-state index in [-0.39, 0.29) is 11.1 Å². The second-order valence-electron chi connectivity index (χ2n) is 3.61. The Hall–Kier alpha value is -2.10. The van der Waals surface area contributed by atoms with E-state index in [2.05, 4.69) is 0 Å². The number of aromatic carboxylic acids is 2. The number of fused-ring (bicyclic) bond motifs is 1. The summed E-state index contributed by atoms with van der Waals surface area (Å²) >= 11 is 0. The van der Waals surface area contributed by atoms with Crippen LogP contribution in [0.4, 0.5) is 0 Å². The molecule has 0 unspecified atom stereocenters. The van der Waals surface area contributed by atoms with Gasteiger partial charge in [-0.3, -0.25) is 0 Å². The highest BCUT2D eigenvalue weighted by Gasteiger charge is 2.22. The van der Waals surface area contributed by atoms with Gasteiger partial charge in [-0.1, -0.05) is 18.2 Å². The first kappa shape index (κ1) is 10.4. The number of hydrogen-bond donors (Lipinski definition) is 2. The monoisotopic (exact) mass is 218 g/mol. The third-order valence-electron chi connectivity index (χ3n) is 2.65. The molecule has 0 heterocycles. The molecular weight excluding hydrogens is 208 g/mol. The molecule has 0 spiro atoms. The molecule has 0 fully saturated rings. The van der Waals surface area contributed by atoms with Crippen molar-refractivity contribution in [3.8, 4) is 0 Å². The number of carbonyl (C=O) groups is 2. The molecule has 0 aliphatic heterocycles. The van der Waals surface area contributed by atoms with Gasteiger partial charge >= 0.3 is 11.9 Å². The number of carboxylic acids is 2. The Bertz CT molecular complexity index is 500. The van der Waals surface area contributed by atoms with Gasteiger partial charge in [0.15, 0.2) is 0 Å². The summed E-state index contributed by atoms with van der Waals surface area (Å²) in [6.45, 7) is 0. The molecule has 2 rings (SSSR count). The summed E-state index contributed by atoms with van der Waals surface area (Å²) < 4.78 is 0. The Kier molecular flexibility index (Phi) is 2.48. The topological polar surface area (TPSA) is 74.6 Å². The van der Waals surface area contributed by atoms with Crippen LogP contribution in [0.5, 0.6) is 0 Å². The zero-order chi connectivity index (χ0) is 11.7. The maximum absolute atomic E-state index is 11.1. The van der Waals surface area contributed by atoms with Gasteiger partial charge in [0, 0.05) is 0 Å². The number of benzene rings is 1. The highest BCUT2D eigenvalue weighted by Crippen LogP contribution is 2.26. The molecule has 82 valence electrons. The standard InChI is InChI=1S/C12H10O4/c13-11(14)9-6-5-7-3-1-2-4-8(7)10(9)12(15)16/h1,3,5-6H,2,4H2,(H,13,14)(H,15,16). The average Bonchev–Trinajstić information content (AvgIpc) is 2.27. The van der Waals surface area contributed by atoms with Gasteiger partial charge < -0.3 is 10.2 Å². The molecule has 1 aromatic rings. The van der Waals surface area contributed by atoms with E-state index >= 15 is 0 Å². The summed E-state index contributed by atoms with van der Waals surface area (Å²) in [5.41, 5.74) is 1.21. The van der Waals surface area contributed by atoms with E-state index in [4.69, 9.17) is 10.2 Å². The largest absolute Gasteiger partial charge is 0.478 e. The van der Waals surface area contributed by atoms with Crippen LogP contribution < -0.4 is 0 Å². The Morgan fingerprint density at radius 3 is 2.50 bits per heavy atom. The highest BCUT2D eigenvalue weighted by molar-refractivity contribution is 6.03. The third-order valence-corrected chi connectivity index (χ3v) is 2.65. The summed E-state index contributed by atoms with van der Waals surface area (Å²) in [4.78, 5) is 22.0. The molecule has 0 amide bonds. The van der Waals surface area contributed by atoms with Gasteiger partial charge in [-0.2, -0.15) is 0 Å². The van der Waals surface area contributed by atoms with Crippen LogP contribution >= 0.6 is 0 Å². The third kappa shape index (κ3) is 1.58. The predicted octanol–water partition coefficient (Wildman–Crippen LogP) is 2.04. The molecule has 4 nitrogen and oxygen atoms in total. The molecule has 1 aliphatic carbocycles. The Labute approximate surface area is 91.8 Å². The van der Waals surface area contributed by atoms with E-state index in [1.807, 2.05) is 12.2 Å². The zero-order valence-corrected chi connectivity index (χ0v) is 8.43. The Balaban J connectivity index is 2.72. The van der Waals surface area contributed by atoms with Crippen LogP contribution in [0, 0.1) is 0 Å². The first-order chi connectivity index (χ1) is 7.61. The van der Waals surface area contributed by atoms with Crippen LogP contribution in [0.15, 0.2) is 18.2 Å². The quantitative estimate of drug-likeness (QED) is 0.796. The molecule has 0 saturated carbocycles. The SMILES string of the molecule is O=C(O)c1ccc2c(c1C(=O)O)CCC=C2. The molecule has 0 bridgehead atoms. The fourth-order valence-electron chi connectivity index (χ4n) is 1.95.